The molecule has 0 aliphatic carbocycles. The summed E-state index contributed by atoms with van der Waals surface area (Å²) in [5.41, 5.74) is 7.03. The molecule has 5 heteroatoms. The summed E-state index contributed by atoms with van der Waals surface area (Å²) in [6.45, 7) is 0.282. The molecule has 0 saturated heterocycles. The van der Waals surface area contributed by atoms with Gasteiger partial charge >= 0.3 is 6.18 Å². The van der Waals surface area contributed by atoms with Crippen LogP contribution in [0.3, 0.4) is 0 Å². The predicted molar refractivity (Wildman–Crippen MR) is 77.0 cm³/mol. The zero-order chi connectivity index (χ0) is 15.3. The molecular weight excluding hydrogens is 279 g/mol. The summed E-state index contributed by atoms with van der Waals surface area (Å²) in [4.78, 5) is 0. The van der Waals surface area contributed by atoms with Crippen LogP contribution in [0.4, 0.5) is 13.2 Å². The third-order valence-corrected chi connectivity index (χ3v) is 3.27. The molecule has 21 heavy (non-hydrogen) atoms. The minimum Gasteiger partial charge on any atom is -0.379 e. The van der Waals surface area contributed by atoms with Gasteiger partial charge in [-0.1, -0.05) is 42.5 Å². The van der Waals surface area contributed by atoms with Crippen molar-refractivity contribution in [2.45, 2.75) is 25.1 Å². The minimum atomic E-state index is -4.12. The van der Waals surface area contributed by atoms with E-state index < -0.39 is 12.6 Å². The van der Waals surface area contributed by atoms with Gasteiger partial charge in [-0.25, -0.2) is 0 Å². The maximum Gasteiger partial charge on any atom is 0.389 e. The molecule has 2 aromatic carbocycles. The number of hydrogen-bond acceptors (Lipinski definition) is 2. The highest BCUT2D eigenvalue weighted by atomic mass is 19.4. The van der Waals surface area contributed by atoms with E-state index in [1.165, 1.54) is 0 Å². The second kappa shape index (κ2) is 6.91. The van der Waals surface area contributed by atoms with Gasteiger partial charge in [0.1, 0.15) is 0 Å². The first-order valence-corrected chi connectivity index (χ1v) is 6.85. The van der Waals surface area contributed by atoms with E-state index in [0.29, 0.717) is 0 Å². The van der Waals surface area contributed by atoms with Crippen LogP contribution in [0.5, 0.6) is 0 Å². The zero-order valence-electron chi connectivity index (χ0n) is 11.6. The SMILES string of the molecule is NC(COCCCC(F)(F)F)c1cccc2ccccc12. The largest absolute Gasteiger partial charge is 0.389 e. The summed E-state index contributed by atoms with van der Waals surface area (Å²) >= 11 is 0. The molecule has 114 valence electrons. The van der Waals surface area contributed by atoms with Crippen molar-refractivity contribution >= 4 is 10.8 Å². The molecule has 0 aliphatic rings. The molecule has 0 aliphatic heterocycles. The monoisotopic (exact) mass is 297 g/mol. The average Bonchev–Trinajstić information content (AvgIpc) is 2.45. The van der Waals surface area contributed by atoms with Crippen molar-refractivity contribution in [3.63, 3.8) is 0 Å². The highest BCUT2D eigenvalue weighted by molar-refractivity contribution is 5.86. The van der Waals surface area contributed by atoms with Gasteiger partial charge in [0.25, 0.3) is 0 Å². The van der Waals surface area contributed by atoms with E-state index in [9.17, 15) is 13.2 Å². The average molecular weight is 297 g/mol. The first kappa shape index (κ1) is 15.8. The Kier molecular flexibility index (Phi) is 5.20. The molecule has 2 rings (SSSR count). The lowest BCUT2D eigenvalue weighted by Crippen LogP contribution is -2.18. The molecule has 0 aromatic heterocycles. The van der Waals surface area contributed by atoms with Crippen LogP contribution in [0.1, 0.15) is 24.4 Å². The van der Waals surface area contributed by atoms with Gasteiger partial charge in [0.2, 0.25) is 0 Å². The molecule has 1 atom stereocenters. The van der Waals surface area contributed by atoms with E-state index in [-0.39, 0.29) is 25.7 Å². The number of nitrogens with two attached hydrogens (primary N) is 1. The van der Waals surface area contributed by atoms with Crippen molar-refractivity contribution in [1.29, 1.82) is 0 Å². The number of fused-ring (bicyclic) bond motifs is 1. The van der Waals surface area contributed by atoms with Crippen LogP contribution in [0.15, 0.2) is 42.5 Å². The van der Waals surface area contributed by atoms with Gasteiger partial charge in [-0.3, -0.25) is 0 Å². The summed E-state index contributed by atoms with van der Waals surface area (Å²) in [6.07, 6.45) is -4.98. The summed E-state index contributed by atoms with van der Waals surface area (Å²) in [6, 6.07) is 13.3. The topological polar surface area (TPSA) is 35.2 Å². The molecule has 0 radical (unpaired) electrons. The fourth-order valence-corrected chi connectivity index (χ4v) is 2.25. The second-order valence-corrected chi connectivity index (χ2v) is 4.97. The number of halogens is 3. The van der Waals surface area contributed by atoms with E-state index in [2.05, 4.69) is 0 Å². The fourth-order valence-electron chi connectivity index (χ4n) is 2.25. The summed E-state index contributed by atoms with van der Waals surface area (Å²) in [5, 5.41) is 2.13. The zero-order valence-corrected chi connectivity index (χ0v) is 11.6. The number of alkyl halides is 3. The van der Waals surface area contributed by atoms with Gasteiger partial charge in [0.05, 0.1) is 12.6 Å². The number of benzene rings is 2. The second-order valence-electron chi connectivity index (χ2n) is 4.97. The van der Waals surface area contributed by atoms with Crippen LogP contribution in [0.2, 0.25) is 0 Å². The van der Waals surface area contributed by atoms with Crippen LogP contribution in [0.25, 0.3) is 10.8 Å². The lowest BCUT2D eigenvalue weighted by molar-refractivity contribution is -0.137. The maximum absolute atomic E-state index is 12.0. The molecule has 0 spiro atoms. The number of hydrogen-bond donors (Lipinski definition) is 1. The van der Waals surface area contributed by atoms with E-state index in [1.54, 1.807) is 0 Å². The van der Waals surface area contributed by atoms with E-state index >= 15 is 0 Å². The van der Waals surface area contributed by atoms with Gasteiger partial charge < -0.3 is 10.5 Å². The third-order valence-electron chi connectivity index (χ3n) is 3.27. The Labute approximate surface area is 121 Å². The smallest absolute Gasteiger partial charge is 0.379 e. The van der Waals surface area contributed by atoms with Crippen molar-refractivity contribution in [3.8, 4) is 0 Å². The molecule has 2 N–H and O–H groups in total. The molecule has 2 aromatic rings. The summed E-state index contributed by atoms with van der Waals surface area (Å²) < 4.78 is 41.3. The maximum atomic E-state index is 12.0. The first-order chi connectivity index (χ1) is 9.97. The van der Waals surface area contributed by atoms with Crippen molar-refractivity contribution < 1.29 is 17.9 Å². The van der Waals surface area contributed by atoms with Crippen LogP contribution in [-0.2, 0) is 4.74 Å². The lowest BCUT2D eigenvalue weighted by Gasteiger charge is -2.15. The molecule has 1 unspecified atom stereocenters. The summed E-state index contributed by atoms with van der Waals surface area (Å²) in [7, 11) is 0. The van der Waals surface area contributed by atoms with Crippen molar-refractivity contribution in [1.82, 2.24) is 0 Å². The molecule has 2 nitrogen and oxygen atoms in total. The van der Waals surface area contributed by atoms with Crippen LogP contribution >= 0.6 is 0 Å². The van der Waals surface area contributed by atoms with Crippen molar-refractivity contribution in [2.24, 2.45) is 5.73 Å². The van der Waals surface area contributed by atoms with Crippen LogP contribution in [0, 0.1) is 0 Å². The van der Waals surface area contributed by atoms with Gasteiger partial charge in [-0.15, -0.1) is 0 Å². The van der Waals surface area contributed by atoms with Crippen LogP contribution < -0.4 is 5.73 Å². The van der Waals surface area contributed by atoms with E-state index in [4.69, 9.17) is 10.5 Å². The third kappa shape index (κ3) is 4.72. The molecular formula is C16H18F3NO. The Morgan fingerprint density at radius 1 is 1.05 bits per heavy atom. The predicted octanol–water partition coefficient (Wildman–Crippen LogP) is 4.20. The molecule has 0 heterocycles. The van der Waals surface area contributed by atoms with Crippen molar-refractivity contribution in [3.05, 3.63) is 48.0 Å². The quantitative estimate of drug-likeness (QED) is 0.811. The van der Waals surface area contributed by atoms with Crippen LogP contribution in [-0.4, -0.2) is 19.4 Å². The van der Waals surface area contributed by atoms with Crippen molar-refractivity contribution in [2.75, 3.05) is 13.2 Å². The standard InChI is InChI=1S/C16H18F3NO/c17-16(18,19)9-4-10-21-11-15(20)14-8-3-6-12-5-1-2-7-13(12)14/h1-3,5-8,15H,4,9-11,20H2. The van der Waals surface area contributed by atoms with Gasteiger partial charge in [-0.05, 0) is 22.8 Å². The molecule has 0 amide bonds. The lowest BCUT2D eigenvalue weighted by atomic mass is 10.00. The van der Waals surface area contributed by atoms with E-state index in [1.807, 2.05) is 42.5 Å². The Bertz CT molecular complexity index is 578. The Hall–Kier alpha value is -1.59. The van der Waals surface area contributed by atoms with Gasteiger partial charge in [0.15, 0.2) is 0 Å². The minimum absolute atomic E-state index is 0.0360. The van der Waals surface area contributed by atoms with E-state index in [0.717, 1.165) is 16.3 Å². The fraction of sp³-hybridized carbons (Fsp3) is 0.375. The Balaban J connectivity index is 1.89. The Morgan fingerprint density at radius 3 is 2.52 bits per heavy atom. The number of rotatable bonds is 6. The van der Waals surface area contributed by atoms with Gasteiger partial charge in [-0.2, -0.15) is 13.2 Å². The molecule has 0 bridgehead atoms. The molecule has 0 fully saturated rings. The first-order valence-electron chi connectivity index (χ1n) is 6.85. The molecule has 0 saturated carbocycles. The Morgan fingerprint density at radius 2 is 1.76 bits per heavy atom. The highest BCUT2D eigenvalue weighted by Crippen LogP contribution is 2.24. The normalized spacial score (nSPS) is 13.5. The van der Waals surface area contributed by atoms with Gasteiger partial charge in [0, 0.05) is 13.0 Å². The summed E-state index contributed by atoms with van der Waals surface area (Å²) in [5.74, 6) is 0. The number of ether oxygens (including phenoxy) is 1. The highest BCUT2D eigenvalue weighted by Gasteiger charge is 2.26.